The number of hydrogen-bond acceptors (Lipinski definition) is 5. The first-order valence-corrected chi connectivity index (χ1v) is 9.42. The molecule has 1 atom stereocenters. The highest BCUT2D eigenvalue weighted by Crippen LogP contribution is 2.30. The first-order valence-electron chi connectivity index (χ1n) is 7.79. The molecule has 3 rings (SSSR count). The standard InChI is InChI=1S/C18H13Cl2N3O3S/c19-13-6-5-10(7-14(13)20)12-4-2-1-3-11(12)9-21-23-18-22-17(26)15(27-18)8-16(24)25/h1-7,9,15H,8H2,(H,24,25)(H,22,23,26). The summed E-state index contributed by atoms with van der Waals surface area (Å²) >= 11 is 13.1. The number of halogens is 2. The Morgan fingerprint density at radius 1 is 1.22 bits per heavy atom. The molecule has 1 aliphatic rings. The van der Waals surface area contributed by atoms with Crippen LogP contribution in [0, 0.1) is 0 Å². The van der Waals surface area contributed by atoms with Gasteiger partial charge in [-0.1, -0.05) is 65.3 Å². The second-order valence-electron chi connectivity index (χ2n) is 5.56. The van der Waals surface area contributed by atoms with Crippen molar-refractivity contribution in [2.75, 3.05) is 0 Å². The van der Waals surface area contributed by atoms with Gasteiger partial charge in [0.05, 0.1) is 22.7 Å². The third kappa shape index (κ3) is 4.88. The van der Waals surface area contributed by atoms with Gasteiger partial charge in [0.2, 0.25) is 5.91 Å². The molecule has 0 radical (unpaired) electrons. The topological polar surface area (TPSA) is 91.1 Å². The number of nitrogens with zero attached hydrogens (tertiary/aromatic N) is 2. The minimum absolute atomic E-state index is 0.264. The molecule has 2 aromatic carbocycles. The van der Waals surface area contributed by atoms with E-state index < -0.39 is 11.2 Å². The summed E-state index contributed by atoms with van der Waals surface area (Å²) in [7, 11) is 0. The molecule has 138 valence electrons. The second kappa shape index (κ2) is 8.56. The molecule has 6 nitrogen and oxygen atoms in total. The van der Waals surface area contributed by atoms with Gasteiger partial charge in [0, 0.05) is 5.56 Å². The van der Waals surface area contributed by atoms with Crippen molar-refractivity contribution in [1.29, 1.82) is 0 Å². The monoisotopic (exact) mass is 421 g/mol. The predicted octanol–water partition coefficient (Wildman–Crippen LogP) is 4.06. The predicted molar refractivity (Wildman–Crippen MR) is 109 cm³/mol. The lowest BCUT2D eigenvalue weighted by Gasteiger charge is -2.07. The molecule has 0 bridgehead atoms. The number of benzene rings is 2. The van der Waals surface area contributed by atoms with Crippen LogP contribution in [-0.4, -0.2) is 33.6 Å². The Hall–Kier alpha value is -2.35. The Labute approximate surface area is 169 Å². The van der Waals surface area contributed by atoms with Gasteiger partial charge in [-0.05, 0) is 23.3 Å². The number of amidine groups is 1. The number of rotatable bonds is 5. The van der Waals surface area contributed by atoms with Gasteiger partial charge in [-0.15, -0.1) is 5.10 Å². The molecular weight excluding hydrogens is 409 g/mol. The van der Waals surface area contributed by atoms with Crippen molar-refractivity contribution >= 4 is 58.2 Å². The number of thioether (sulfide) groups is 1. The van der Waals surface area contributed by atoms with Crippen LogP contribution in [-0.2, 0) is 9.59 Å². The minimum Gasteiger partial charge on any atom is -0.481 e. The lowest BCUT2D eigenvalue weighted by atomic mass is 10.0. The summed E-state index contributed by atoms with van der Waals surface area (Å²) < 4.78 is 0. The van der Waals surface area contributed by atoms with E-state index in [1.165, 1.54) is 0 Å². The molecule has 0 aliphatic carbocycles. The summed E-state index contributed by atoms with van der Waals surface area (Å²) in [5, 5.41) is 19.8. The van der Waals surface area contributed by atoms with Crippen LogP contribution in [0.5, 0.6) is 0 Å². The first-order chi connectivity index (χ1) is 12.9. The van der Waals surface area contributed by atoms with Crippen LogP contribution < -0.4 is 5.32 Å². The molecule has 1 saturated heterocycles. The Morgan fingerprint density at radius 2 is 2.00 bits per heavy atom. The zero-order valence-corrected chi connectivity index (χ0v) is 16.1. The fourth-order valence-electron chi connectivity index (χ4n) is 2.42. The maximum atomic E-state index is 11.7. The highest BCUT2D eigenvalue weighted by molar-refractivity contribution is 8.15. The molecule has 1 heterocycles. The van der Waals surface area contributed by atoms with Crippen LogP contribution >= 0.6 is 35.0 Å². The summed E-state index contributed by atoms with van der Waals surface area (Å²) in [4.78, 5) is 22.4. The van der Waals surface area contributed by atoms with E-state index in [2.05, 4.69) is 15.5 Å². The lowest BCUT2D eigenvalue weighted by Crippen LogP contribution is -2.26. The molecule has 0 aromatic heterocycles. The van der Waals surface area contributed by atoms with Crippen LogP contribution in [0.15, 0.2) is 52.7 Å². The van der Waals surface area contributed by atoms with E-state index in [9.17, 15) is 9.59 Å². The van der Waals surface area contributed by atoms with Gasteiger partial charge < -0.3 is 10.4 Å². The average Bonchev–Trinajstić information content (AvgIpc) is 2.97. The number of carboxylic acids is 1. The Balaban J connectivity index is 1.79. The Morgan fingerprint density at radius 3 is 2.74 bits per heavy atom. The van der Waals surface area contributed by atoms with Crippen molar-refractivity contribution in [2.24, 2.45) is 10.2 Å². The maximum absolute atomic E-state index is 11.7. The van der Waals surface area contributed by atoms with E-state index in [0.29, 0.717) is 10.0 Å². The van der Waals surface area contributed by atoms with Crippen LogP contribution in [0.25, 0.3) is 11.1 Å². The van der Waals surface area contributed by atoms with Crippen LogP contribution in [0.4, 0.5) is 0 Å². The van der Waals surface area contributed by atoms with Crippen molar-refractivity contribution in [1.82, 2.24) is 5.32 Å². The van der Waals surface area contributed by atoms with Crippen molar-refractivity contribution < 1.29 is 14.7 Å². The van der Waals surface area contributed by atoms with Gasteiger partial charge in [0.15, 0.2) is 5.17 Å². The van der Waals surface area contributed by atoms with E-state index in [1.807, 2.05) is 30.3 Å². The van der Waals surface area contributed by atoms with Gasteiger partial charge in [0.25, 0.3) is 0 Å². The highest BCUT2D eigenvalue weighted by Gasteiger charge is 2.32. The van der Waals surface area contributed by atoms with Crippen LogP contribution in [0.3, 0.4) is 0 Å². The van der Waals surface area contributed by atoms with Gasteiger partial charge in [0.1, 0.15) is 5.25 Å². The van der Waals surface area contributed by atoms with Crippen molar-refractivity contribution in [3.05, 3.63) is 58.1 Å². The zero-order valence-electron chi connectivity index (χ0n) is 13.7. The van der Waals surface area contributed by atoms with Gasteiger partial charge >= 0.3 is 5.97 Å². The molecule has 2 N–H and O–H groups in total. The third-order valence-corrected chi connectivity index (χ3v) is 5.48. The number of carboxylic acid groups (broad SMARTS) is 1. The zero-order chi connectivity index (χ0) is 19.4. The van der Waals surface area contributed by atoms with Gasteiger partial charge in [-0.3, -0.25) is 9.59 Å². The molecule has 1 amide bonds. The molecule has 1 aliphatic heterocycles. The first kappa shape index (κ1) is 19.4. The number of aliphatic carboxylic acids is 1. The molecule has 9 heteroatoms. The van der Waals surface area contributed by atoms with Crippen molar-refractivity contribution in [3.8, 4) is 11.1 Å². The van der Waals surface area contributed by atoms with Gasteiger partial charge in [-0.25, -0.2) is 0 Å². The molecule has 1 fully saturated rings. The average molecular weight is 422 g/mol. The number of nitrogens with one attached hydrogen (secondary N) is 1. The number of carbonyl (C=O) groups excluding carboxylic acids is 1. The second-order valence-corrected chi connectivity index (χ2v) is 7.57. The maximum Gasteiger partial charge on any atom is 0.305 e. The van der Waals surface area contributed by atoms with Crippen molar-refractivity contribution in [3.63, 3.8) is 0 Å². The smallest absolute Gasteiger partial charge is 0.305 e. The van der Waals surface area contributed by atoms with E-state index in [4.69, 9.17) is 28.3 Å². The number of amides is 1. The molecule has 1 unspecified atom stereocenters. The largest absolute Gasteiger partial charge is 0.481 e. The highest BCUT2D eigenvalue weighted by atomic mass is 35.5. The van der Waals surface area contributed by atoms with E-state index in [1.54, 1.807) is 18.3 Å². The van der Waals surface area contributed by atoms with E-state index in [-0.39, 0.29) is 17.5 Å². The van der Waals surface area contributed by atoms with Crippen LogP contribution in [0.2, 0.25) is 10.0 Å². The molecule has 2 aromatic rings. The quantitative estimate of drug-likeness (QED) is 0.562. The number of hydrogen-bond donors (Lipinski definition) is 2. The molecule has 27 heavy (non-hydrogen) atoms. The SMILES string of the molecule is O=C(O)CC1SC(=NN=Cc2ccccc2-c2ccc(Cl)c(Cl)c2)NC1=O. The Kier molecular flexibility index (Phi) is 6.15. The summed E-state index contributed by atoms with van der Waals surface area (Å²) in [5.41, 5.74) is 2.58. The van der Waals surface area contributed by atoms with Gasteiger partial charge in [-0.2, -0.15) is 5.10 Å². The normalized spacial score (nSPS) is 18.2. The van der Waals surface area contributed by atoms with E-state index >= 15 is 0 Å². The molecule has 0 saturated carbocycles. The number of carbonyl (C=O) groups is 2. The van der Waals surface area contributed by atoms with Crippen molar-refractivity contribution in [2.45, 2.75) is 11.7 Å². The lowest BCUT2D eigenvalue weighted by molar-refractivity contribution is -0.138. The summed E-state index contributed by atoms with van der Waals surface area (Å²) in [6.45, 7) is 0. The summed E-state index contributed by atoms with van der Waals surface area (Å²) in [5.74, 6) is -1.42. The third-order valence-electron chi connectivity index (χ3n) is 3.67. The molecule has 0 spiro atoms. The Bertz CT molecular complexity index is 963. The minimum atomic E-state index is -1.04. The summed E-state index contributed by atoms with van der Waals surface area (Å²) in [6, 6.07) is 12.9. The summed E-state index contributed by atoms with van der Waals surface area (Å²) in [6.07, 6.45) is 1.29. The molecular formula is C18H13Cl2N3O3S. The fourth-order valence-corrected chi connectivity index (χ4v) is 3.64. The van der Waals surface area contributed by atoms with E-state index in [0.717, 1.165) is 28.5 Å². The fraction of sp³-hybridized carbons (Fsp3) is 0.111. The van der Waals surface area contributed by atoms with Crippen LogP contribution in [0.1, 0.15) is 12.0 Å².